The highest BCUT2D eigenvalue weighted by atomic mass is 16.2. The fourth-order valence-corrected chi connectivity index (χ4v) is 3.89. The molecule has 90 valence electrons. The highest BCUT2D eigenvalue weighted by Crippen LogP contribution is 2.47. The molecule has 3 rings (SSSR count). The van der Waals surface area contributed by atoms with E-state index in [9.17, 15) is 4.79 Å². The summed E-state index contributed by atoms with van der Waals surface area (Å²) in [7, 11) is 0. The van der Waals surface area contributed by atoms with Gasteiger partial charge in [-0.05, 0) is 56.4 Å². The highest BCUT2D eigenvalue weighted by Gasteiger charge is 2.39. The van der Waals surface area contributed by atoms with Gasteiger partial charge >= 0.3 is 0 Å². The molecule has 0 aromatic rings. The molecule has 3 aliphatic rings. The molecule has 0 spiro atoms. The van der Waals surface area contributed by atoms with Crippen molar-refractivity contribution in [2.45, 2.75) is 44.6 Å². The zero-order valence-corrected chi connectivity index (χ0v) is 9.87. The predicted octanol–water partition coefficient (Wildman–Crippen LogP) is 1.29. The lowest BCUT2D eigenvalue weighted by Crippen LogP contribution is -2.42. The molecule has 1 saturated heterocycles. The lowest BCUT2D eigenvalue weighted by molar-refractivity contribution is -0.123. The minimum atomic E-state index is 0.0959. The third-order valence-electron chi connectivity index (χ3n) is 4.80. The van der Waals surface area contributed by atoms with Crippen LogP contribution in [0.15, 0.2) is 0 Å². The van der Waals surface area contributed by atoms with Crippen LogP contribution in [0, 0.1) is 17.8 Å². The van der Waals surface area contributed by atoms with Crippen LogP contribution in [0.5, 0.6) is 0 Å². The maximum atomic E-state index is 11.8. The molecule has 2 bridgehead atoms. The Balaban J connectivity index is 1.44. The van der Waals surface area contributed by atoms with Gasteiger partial charge in [0.05, 0.1) is 6.04 Å². The topological polar surface area (TPSA) is 41.1 Å². The Morgan fingerprint density at radius 2 is 2.19 bits per heavy atom. The molecule has 0 aromatic carbocycles. The number of fused-ring (bicyclic) bond motifs is 2. The van der Waals surface area contributed by atoms with Gasteiger partial charge in [0, 0.05) is 6.54 Å². The van der Waals surface area contributed by atoms with E-state index in [1.807, 2.05) is 0 Å². The van der Waals surface area contributed by atoms with Crippen molar-refractivity contribution in [1.82, 2.24) is 10.6 Å². The summed E-state index contributed by atoms with van der Waals surface area (Å²) in [5.74, 6) is 2.92. The first-order chi connectivity index (χ1) is 7.83. The molecule has 1 heterocycles. The average molecular weight is 222 g/mol. The zero-order chi connectivity index (χ0) is 11.0. The maximum absolute atomic E-state index is 11.8. The van der Waals surface area contributed by atoms with E-state index in [2.05, 4.69) is 10.6 Å². The largest absolute Gasteiger partial charge is 0.354 e. The SMILES string of the molecule is O=C(NCC1CC2CCC1C2)C1CCCN1. The molecule has 1 amide bonds. The second kappa shape index (κ2) is 4.36. The number of carbonyl (C=O) groups is 1. The summed E-state index contributed by atoms with van der Waals surface area (Å²) in [6, 6.07) is 0.0959. The number of carbonyl (C=O) groups excluding carboxylic acids is 1. The van der Waals surface area contributed by atoms with Gasteiger partial charge in [-0.2, -0.15) is 0 Å². The van der Waals surface area contributed by atoms with Crippen LogP contribution >= 0.6 is 0 Å². The van der Waals surface area contributed by atoms with E-state index in [0.717, 1.165) is 43.7 Å². The summed E-state index contributed by atoms with van der Waals surface area (Å²) in [4.78, 5) is 11.8. The normalized spacial score (nSPS) is 41.5. The van der Waals surface area contributed by atoms with Crippen LogP contribution in [-0.4, -0.2) is 25.0 Å². The van der Waals surface area contributed by atoms with Crippen LogP contribution in [0.25, 0.3) is 0 Å². The molecule has 2 saturated carbocycles. The minimum absolute atomic E-state index is 0.0959. The molecule has 0 aromatic heterocycles. The van der Waals surface area contributed by atoms with Gasteiger partial charge in [-0.15, -0.1) is 0 Å². The second-order valence-corrected chi connectivity index (χ2v) is 5.83. The third-order valence-corrected chi connectivity index (χ3v) is 4.80. The molecule has 2 aliphatic carbocycles. The fraction of sp³-hybridized carbons (Fsp3) is 0.923. The quantitative estimate of drug-likeness (QED) is 0.755. The Labute approximate surface area is 97.4 Å². The van der Waals surface area contributed by atoms with Crippen molar-refractivity contribution in [1.29, 1.82) is 0 Å². The summed E-state index contributed by atoms with van der Waals surface area (Å²) in [5.41, 5.74) is 0. The van der Waals surface area contributed by atoms with Crippen molar-refractivity contribution in [2.24, 2.45) is 17.8 Å². The molecule has 1 aliphatic heterocycles. The van der Waals surface area contributed by atoms with Crippen molar-refractivity contribution < 1.29 is 4.79 Å². The summed E-state index contributed by atoms with van der Waals surface area (Å²) < 4.78 is 0. The Morgan fingerprint density at radius 3 is 2.81 bits per heavy atom. The van der Waals surface area contributed by atoms with E-state index in [0.29, 0.717) is 0 Å². The molecule has 3 heteroatoms. The molecule has 2 N–H and O–H groups in total. The number of nitrogens with one attached hydrogen (secondary N) is 2. The van der Waals surface area contributed by atoms with E-state index in [1.54, 1.807) is 0 Å². The smallest absolute Gasteiger partial charge is 0.237 e. The van der Waals surface area contributed by atoms with Crippen LogP contribution in [0.4, 0.5) is 0 Å². The van der Waals surface area contributed by atoms with Crippen LogP contribution in [-0.2, 0) is 4.79 Å². The van der Waals surface area contributed by atoms with Crippen LogP contribution in [0.2, 0.25) is 0 Å². The Hall–Kier alpha value is -0.570. The Kier molecular flexibility index (Phi) is 2.88. The van der Waals surface area contributed by atoms with E-state index < -0.39 is 0 Å². The van der Waals surface area contributed by atoms with E-state index in [1.165, 1.54) is 25.7 Å². The minimum Gasteiger partial charge on any atom is -0.354 e. The van der Waals surface area contributed by atoms with Gasteiger partial charge in [-0.1, -0.05) is 6.42 Å². The number of hydrogen-bond donors (Lipinski definition) is 2. The Morgan fingerprint density at radius 1 is 1.25 bits per heavy atom. The Bertz CT molecular complexity index is 273. The lowest BCUT2D eigenvalue weighted by Gasteiger charge is -2.22. The standard InChI is InChI=1S/C13H22N2O/c16-13(12-2-1-5-14-12)15-8-11-7-9-3-4-10(11)6-9/h9-12,14H,1-8H2,(H,15,16). The van der Waals surface area contributed by atoms with Crippen molar-refractivity contribution in [3.05, 3.63) is 0 Å². The van der Waals surface area contributed by atoms with Crippen LogP contribution < -0.4 is 10.6 Å². The van der Waals surface area contributed by atoms with Crippen molar-refractivity contribution in [2.75, 3.05) is 13.1 Å². The third kappa shape index (κ3) is 1.97. The van der Waals surface area contributed by atoms with Gasteiger partial charge in [0.1, 0.15) is 0 Å². The van der Waals surface area contributed by atoms with Gasteiger partial charge < -0.3 is 10.6 Å². The summed E-state index contributed by atoms with van der Waals surface area (Å²) >= 11 is 0. The van der Waals surface area contributed by atoms with E-state index in [-0.39, 0.29) is 11.9 Å². The fourth-order valence-electron chi connectivity index (χ4n) is 3.89. The zero-order valence-electron chi connectivity index (χ0n) is 9.87. The molecule has 4 unspecified atom stereocenters. The van der Waals surface area contributed by atoms with Crippen LogP contribution in [0.1, 0.15) is 38.5 Å². The first-order valence-corrected chi connectivity index (χ1v) is 6.84. The molecule has 16 heavy (non-hydrogen) atoms. The predicted molar refractivity (Wildman–Crippen MR) is 63.0 cm³/mol. The summed E-state index contributed by atoms with van der Waals surface area (Å²) in [5, 5.41) is 6.40. The van der Waals surface area contributed by atoms with Crippen molar-refractivity contribution in [3.63, 3.8) is 0 Å². The number of hydrogen-bond acceptors (Lipinski definition) is 2. The van der Waals surface area contributed by atoms with E-state index >= 15 is 0 Å². The van der Waals surface area contributed by atoms with Gasteiger partial charge in [0.15, 0.2) is 0 Å². The average Bonchev–Trinajstić information content (AvgIpc) is 3.01. The van der Waals surface area contributed by atoms with E-state index in [4.69, 9.17) is 0 Å². The monoisotopic (exact) mass is 222 g/mol. The first kappa shape index (κ1) is 10.6. The molecule has 3 fully saturated rings. The summed E-state index contributed by atoms with van der Waals surface area (Å²) in [6.07, 6.45) is 7.81. The number of rotatable bonds is 3. The van der Waals surface area contributed by atoms with Crippen molar-refractivity contribution in [3.8, 4) is 0 Å². The first-order valence-electron chi connectivity index (χ1n) is 6.84. The summed E-state index contributed by atoms with van der Waals surface area (Å²) in [6.45, 7) is 1.93. The molecular weight excluding hydrogens is 200 g/mol. The van der Waals surface area contributed by atoms with Crippen LogP contribution in [0.3, 0.4) is 0 Å². The second-order valence-electron chi connectivity index (χ2n) is 5.83. The van der Waals surface area contributed by atoms with Gasteiger partial charge in [-0.3, -0.25) is 4.79 Å². The number of amides is 1. The molecule has 0 radical (unpaired) electrons. The molecular formula is C13H22N2O. The molecule has 4 atom stereocenters. The molecule has 3 nitrogen and oxygen atoms in total. The van der Waals surface area contributed by atoms with Gasteiger partial charge in [0.25, 0.3) is 0 Å². The lowest BCUT2D eigenvalue weighted by atomic mass is 9.89. The maximum Gasteiger partial charge on any atom is 0.237 e. The van der Waals surface area contributed by atoms with Gasteiger partial charge in [-0.25, -0.2) is 0 Å². The van der Waals surface area contributed by atoms with Crippen molar-refractivity contribution >= 4 is 5.91 Å². The van der Waals surface area contributed by atoms with Gasteiger partial charge in [0.2, 0.25) is 5.91 Å². The highest BCUT2D eigenvalue weighted by molar-refractivity contribution is 5.81.